The fourth-order valence-corrected chi connectivity index (χ4v) is 3.29. The molecule has 0 spiro atoms. The van der Waals surface area contributed by atoms with Gasteiger partial charge in [0.2, 0.25) is 0 Å². The Morgan fingerprint density at radius 1 is 1.14 bits per heavy atom. The quantitative estimate of drug-likeness (QED) is 0.594. The van der Waals surface area contributed by atoms with Crippen LogP contribution in [-0.2, 0) is 11.2 Å². The number of anilines is 1. The highest BCUT2D eigenvalue weighted by molar-refractivity contribution is 6.03. The van der Waals surface area contributed by atoms with Crippen LogP contribution >= 0.6 is 0 Å². The minimum Gasteiger partial charge on any atom is -0.358 e. The van der Waals surface area contributed by atoms with Gasteiger partial charge in [-0.15, -0.1) is 0 Å². The first kappa shape index (κ1) is 18.7. The number of benzene rings is 1. The van der Waals surface area contributed by atoms with Crippen LogP contribution in [-0.4, -0.2) is 28.3 Å². The Kier molecular flexibility index (Phi) is 4.99. The van der Waals surface area contributed by atoms with Crippen LogP contribution in [0.3, 0.4) is 0 Å². The van der Waals surface area contributed by atoms with Gasteiger partial charge < -0.3 is 15.6 Å². The van der Waals surface area contributed by atoms with Gasteiger partial charge in [0.05, 0.1) is 11.3 Å². The average molecular weight is 386 g/mol. The van der Waals surface area contributed by atoms with Crippen molar-refractivity contribution in [2.24, 2.45) is 0 Å². The highest BCUT2D eigenvalue weighted by Gasteiger charge is 2.20. The van der Waals surface area contributed by atoms with Crippen molar-refractivity contribution in [2.75, 3.05) is 11.9 Å². The van der Waals surface area contributed by atoms with Gasteiger partial charge in [-0.25, -0.2) is 0 Å². The monoisotopic (exact) mass is 386 g/mol. The number of nitrogens with one attached hydrogen (secondary N) is 3. The summed E-state index contributed by atoms with van der Waals surface area (Å²) in [6.45, 7) is 4.27. The van der Waals surface area contributed by atoms with Gasteiger partial charge in [0.25, 0.3) is 11.8 Å². The summed E-state index contributed by atoms with van der Waals surface area (Å²) in [5, 5.41) is 5.73. The molecule has 3 N–H and O–H groups in total. The van der Waals surface area contributed by atoms with Crippen molar-refractivity contribution >= 4 is 17.5 Å². The van der Waals surface area contributed by atoms with Crippen LogP contribution in [0.2, 0.25) is 0 Å². The molecule has 146 valence electrons. The first-order valence-electron chi connectivity index (χ1n) is 9.56. The lowest BCUT2D eigenvalue weighted by Crippen LogP contribution is -2.31. The molecule has 0 aliphatic carbocycles. The SMILES string of the molecule is CC=C(C)C(=O)Nc1ccc(-c2cc(-c3cc4c([nH]3)CCNC4=O)ccn2)cc1. The molecule has 3 aromatic rings. The fraction of sp³-hybridized carbons (Fsp3) is 0.174. The molecule has 6 heteroatoms. The van der Waals surface area contributed by atoms with Crippen molar-refractivity contribution in [3.8, 4) is 22.5 Å². The van der Waals surface area contributed by atoms with Crippen molar-refractivity contribution in [1.29, 1.82) is 0 Å². The molecule has 0 atom stereocenters. The van der Waals surface area contributed by atoms with E-state index in [0.29, 0.717) is 17.7 Å². The summed E-state index contributed by atoms with van der Waals surface area (Å²) in [7, 11) is 0. The predicted octanol–water partition coefficient (Wildman–Crippen LogP) is 3.93. The molecule has 1 aromatic carbocycles. The van der Waals surface area contributed by atoms with Crippen LogP contribution < -0.4 is 10.6 Å². The average Bonchev–Trinajstić information content (AvgIpc) is 3.19. The van der Waals surface area contributed by atoms with Crippen LogP contribution in [0, 0.1) is 0 Å². The zero-order valence-corrected chi connectivity index (χ0v) is 16.4. The molecular weight excluding hydrogens is 364 g/mol. The number of fused-ring (bicyclic) bond motifs is 1. The smallest absolute Gasteiger partial charge is 0.253 e. The van der Waals surface area contributed by atoms with Crippen LogP contribution in [0.25, 0.3) is 22.5 Å². The number of hydrogen-bond acceptors (Lipinski definition) is 3. The first-order valence-corrected chi connectivity index (χ1v) is 9.56. The second-order valence-corrected chi connectivity index (χ2v) is 7.01. The zero-order chi connectivity index (χ0) is 20.4. The number of rotatable bonds is 4. The molecule has 4 rings (SSSR count). The summed E-state index contributed by atoms with van der Waals surface area (Å²) in [6.07, 6.45) is 4.34. The van der Waals surface area contributed by atoms with Crippen molar-refractivity contribution in [3.05, 3.63) is 71.6 Å². The van der Waals surface area contributed by atoms with Gasteiger partial charge >= 0.3 is 0 Å². The van der Waals surface area contributed by atoms with Gasteiger partial charge in [-0.05, 0) is 44.2 Å². The van der Waals surface area contributed by atoms with Gasteiger partial charge in [0.1, 0.15) is 0 Å². The summed E-state index contributed by atoms with van der Waals surface area (Å²) < 4.78 is 0. The summed E-state index contributed by atoms with van der Waals surface area (Å²) in [5.41, 5.74) is 6.73. The number of pyridine rings is 1. The first-order chi connectivity index (χ1) is 14.0. The number of amides is 2. The Labute approximate surface area is 169 Å². The summed E-state index contributed by atoms with van der Waals surface area (Å²) >= 11 is 0. The molecule has 6 nitrogen and oxygen atoms in total. The van der Waals surface area contributed by atoms with Crippen LogP contribution in [0.1, 0.15) is 29.9 Å². The lowest BCUT2D eigenvalue weighted by molar-refractivity contribution is -0.112. The van der Waals surface area contributed by atoms with Gasteiger partial charge in [0.15, 0.2) is 0 Å². The van der Waals surface area contributed by atoms with Crippen LogP contribution in [0.4, 0.5) is 5.69 Å². The Morgan fingerprint density at radius 3 is 2.66 bits per heavy atom. The Hall–Kier alpha value is -3.67. The van der Waals surface area contributed by atoms with E-state index < -0.39 is 0 Å². The third-order valence-corrected chi connectivity index (χ3v) is 5.11. The molecule has 1 aliphatic rings. The molecule has 0 unspecified atom stereocenters. The Bertz CT molecular complexity index is 1110. The molecule has 3 heterocycles. The maximum Gasteiger partial charge on any atom is 0.253 e. The van der Waals surface area contributed by atoms with E-state index in [-0.39, 0.29) is 11.8 Å². The highest BCUT2D eigenvalue weighted by Crippen LogP contribution is 2.27. The topological polar surface area (TPSA) is 86.9 Å². The number of aromatic amines is 1. The maximum atomic E-state index is 12.0. The molecule has 2 aromatic heterocycles. The van der Waals surface area contributed by atoms with Crippen molar-refractivity contribution in [3.63, 3.8) is 0 Å². The summed E-state index contributed by atoms with van der Waals surface area (Å²) in [5.74, 6) is -0.144. The van der Waals surface area contributed by atoms with E-state index in [1.165, 1.54) is 0 Å². The van der Waals surface area contributed by atoms with Crippen molar-refractivity contribution < 1.29 is 9.59 Å². The van der Waals surface area contributed by atoms with Crippen LogP contribution in [0.15, 0.2) is 60.3 Å². The van der Waals surface area contributed by atoms with Gasteiger partial charge in [-0.2, -0.15) is 0 Å². The van der Waals surface area contributed by atoms with Gasteiger partial charge in [0, 0.05) is 52.9 Å². The second kappa shape index (κ2) is 7.75. The fourth-order valence-electron chi connectivity index (χ4n) is 3.29. The minimum atomic E-state index is -0.111. The Morgan fingerprint density at radius 2 is 1.93 bits per heavy atom. The molecule has 2 amide bonds. The van der Waals surface area contributed by atoms with Crippen LogP contribution in [0.5, 0.6) is 0 Å². The third-order valence-electron chi connectivity index (χ3n) is 5.11. The predicted molar refractivity (Wildman–Crippen MR) is 114 cm³/mol. The zero-order valence-electron chi connectivity index (χ0n) is 16.4. The van der Waals surface area contributed by atoms with E-state index >= 15 is 0 Å². The molecule has 0 bridgehead atoms. The van der Waals surface area contributed by atoms with E-state index in [4.69, 9.17) is 0 Å². The third kappa shape index (κ3) is 3.82. The normalized spacial score (nSPS) is 13.6. The highest BCUT2D eigenvalue weighted by atomic mass is 16.2. The number of carbonyl (C=O) groups excluding carboxylic acids is 2. The second-order valence-electron chi connectivity index (χ2n) is 7.01. The number of nitrogens with zero attached hydrogens (tertiary/aromatic N) is 1. The standard InChI is InChI=1S/C23H22N4O2/c1-3-14(2)22(28)26-17-6-4-15(5-7-17)20-12-16(8-10-24-20)21-13-18-19(27-21)9-11-25-23(18)29/h3-8,10,12-13,27H,9,11H2,1-2H3,(H,25,29)(H,26,28). The molecule has 0 saturated carbocycles. The molecule has 29 heavy (non-hydrogen) atoms. The lowest BCUT2D eigenvalue weighted by atomic mass is 10.1. The van der Waals surface area contributed by atoms with E-state index in [2.05, 4.69) is 20.6 Å². The number of allylic oxidation sites excluding steroid dienone is 1. The van der Waals surface area contributed by atoms with E-state index in [1.54, 1.807) is 19.2 Å². The molecular formula is C23H22N4O2. The number of aromatic nitrogens is 2. The Balaban J connectivity index is 1.58. The minimum absolute atomic E-state index is 0.0335. The largest absolute Gasteiger partial charge is 0.358 e. The van der Waals surface area contributed by atoms with Gasteiger partial charge in [-0.3, -0.25) is 14.6 Å². The van der Waals surface area contributed by atoms with Crippen molar-refractivity contribution in [2.45, 2.75) is 20.3 Å². The van der Waals surface area contributed by atoms with Gasteiger partial charge in [-0.1, -0.05) is 18.2 Å². The molecule has 0 radical (unpaired) electrons. The van der Waals surface area contributed by atoms with Crippen molar-refractivity contribution in [1.82, 2.24) is 15.3 Å². The number of carbonyl (C=O) groups is 2. The number of hydrogen-bond donors (Lipinski definition) is 3. The summed E-state index contributed by atoms with van der Waals surface area (Å²) in [6, 6.07) is 13.4. The van der Waals surface area contributed by atoms with E-state index in [9.17, 15) is 9.59 Å². The van der Waals surface area contributed by atoms with E-state index in [0.717, 1.165) is 40.3 Å². The van der Waals surface area contributed by atoms with E-state index in [1.807, 2.05) is 49.4 Å². The maximum absolute atomic E-state index is 12.0. The molecule has 0 saturated heterocycles. The molecule has 1 aliphatic heterocycles. The summed E-state index contributed by atoms with van der Waals surface area (Å²) in [4.78, 5) is 31.8. The number of H-pyrrole nitrogens is 1. The molecule has 0 fully saturated rings. The lowest BCUT2D eigenvalue weighted by Gasteiger charge is -2.11.